The predicted octanol–water partition coefficient (Wildman–Crippen LogP) is 3.40. The van der Waals surface area contributed by atoms with Gasteiger partial charge < -0.3 is 15.2 Å². The highest BCUT2D eigenvalue weighted by molar-refractivity contribution is 5.90. The molecule has 110 valence electrons. The number of carbonyl (C=O) groups excluding carboxylic acids is 1. The van der Waals surface area contributed by atoms with Gasteiger partial charge >= 0.3 is 5.97 Å². The maximum Gasteiger partial charge on any atom is 0.338 e. The third-order valence-electron chi connectivity index (χ3n) is 4.05. The molecule has 0 aliphatic heterocycles. The number of esters is 1. The van der Waals surface area contributed by atoms with Gasteiger partial charge in [-0.15, -0.1) is 0 Å². The number of methoxy groups -OCH3 is 1. The molecule has 2 rings (SSSR count). The van der Waals surface area contributed by atoms with E-state index in [0.29, 0.717) is 22.9 Å². The lowest BCUT2D eigenvalue weighted by atomic mass is 9.85. The Bertz CT molecular complexity index is 473. The fraction of sp³-hybridized carbons (Fsp3) is 0.562. The normalized spacial score (nSPS) is 22.3. The first-order valence-electron chi connectivity index (χ1n) is 7.28. The maximum atomic E-state index is 12.2. The number of hydrogen-bond donors (Lipinski definition) is 1. The van der Waals surface area contributed by atoms with Crippen molar-refractivity contribution in [1.29, 1.82) is 0 Å². The second-order valence-electron chi connectivity index (χ2n) is 5.42. The highest BCUT2D eigenvalue weighted by Gasteiger charge is 2.24. The second kappa shape index (κ2) is 6.64. The summed E-state index contributed by atoms with van der Waals surface area (Å²) in [6.45, 7) is 2.19. The first-order chi connectivity index (χ1) is 9.63. The summed E-state index contributed by atoms with van der Waals surface area (Å²) in [5, 5.41) is 0. The number of hydrogen-bond acceptors (Lipinski definition) is 4. The van der Waals surface area contributed by atoms with E-state index in [1.165, 1.54) is 13.5 Å². The highest BCUT2D eigenvalue weighted by atomic mass is 16.5. The predicted molar refractivity (Wildman–Crippen MR) is 78.9 cm³/mol. The van der Waals surface area contributed by atoms with Crippen molar-refractivity contribution in [3.05, 3.63) is 23.8 Å². The molecular formula is C16H23NO3. The molecule has 0 aromatic heterocycles. The number of ether oxygens (including phenoxy) is 2. The van der Waals surface area contributed by atoms with Crippen LogP contribution in [0.1, 0.15) is 49.4 Å². The van der Waals surface area contributed by atoms with Gasteiger partial charge in [-0.3, -0.25) is 0 Å². The number of carbonyl (C=O) groups is 1. The fourth-order valence-corrected chi connectivity index (χ4v) is 2.78. The summed E-state index contributed by atoms with van der Waals surface area (Å²) in [5.74, 6) is 0.905. The molecule has 20 heavy (non-hydrogen) atoms. The van der Waals surface area contributed by atoms with Crippen LogP contribution in [0, 0.1) is 5.92 Å². The van der Waals surface area contributed by atoms with Crippen LogP contribution in [0.4, 0.5) is 5.69 Å². The topological polar surface area (TPSA) is 61.5 Å². The van der Waals surface area contributed by atoms with Crippen LogP contribution in [-0.4, -0.2) is 19.2 Å². The quantitative estimate of drug-likeness (QED) is 0.676. The largest absolute Gasteiger partial charge is 0.495 e. The van der Waals surface area contributed by atoms with E-state index in [2.05, 4.69) is 6.92 Å². The summed E-state index contributed by atoms with van der Waals surface area (Å²) >= 11 is 0. The van der Waals surface area contributed by atoms with Gasteiger partial charge in [0.15, 0.2) is 0 Å². The molecule has 4 heteroatoms. The molecule has 2 unspecified atom stereocenters. The van der Waals surface area contributed by atoms with Gasteiger partial charge in [0.1, 0.15) is 11.9 Å². The first-order valence-corrected chi connectivity index (χ1v) is 7.28. The molecule has 1 saturated carbocycles. The van der Waals surface area contributed by atoms with Gasteiger partial charge in [0, 0.05) is 0 Å². The minimum atomic E-state index is -0.287. The van der Waals surface area contributed by atoms with E-state index in [9.17, 15) is 4.79 Å². The maximum absolute atomic E-state index is 12.2. The Morgan fingerprint density at radius 1 is 1.40 bits per heavy atom. The van der Waals surface area contributed by atoms with Crippen molar-refractivity contribution in [2.75, 3.05) is 12.8 Å². The Morgan fingerprint density at radius 2 is 2.20 bits per heavy atom. The van der Waals surface area contributed by atoms with Gasteiger partial charge in [-0.05, 0) is 43.4 Å². The van der Waals surface area contributed by atoms with Crippen molar-refractivity contribution in [2.24, 2.45) is 5.92 Å². The molecule has 0 spiro atoms. The molecule has 0 radical (unpaired) electrons. The number of anilines is 1. The minimum Gasteiger partial charge on any atom is -0.495 e. The molecule has 1 aromatic carbocycles. The summed E-state index contributed by atoms with van der Waals surface area (Å²) in [4.78, 5) is 12.2. The minimum absolute atomic E-state index is 0.0461. The molecule has 0 amide bonds. The molecule has 1 aliphatic carbocycles. The summed E-state index contributed by atoms with van der Waals surface area (Å²) in [7, 11) is 1.54. The Kier molecular flexibility index (Phi) is 4.88. The molecule has 1 fully saturated rings. The van der Waals surface area contributed by atoms with Gasteiger partial charge in [0.25, 0.3) is 0 Å². The van der Waals surface area contributed by atoms with Crippen LogP contribution >= 0.6 is 0 Å². The van der Waals surface area contributed by atoms with E-state index in [1.807, 2.05) is 0 Å². The van der Waals surface area contributed by atoms with Crippen LogP contribution in [0.25, 0.3) is 0 Å². The molecule has 1 aliphatic rings. The van der Waals surface area contributed by atoms with Crippen molar-refractivity contribution >= 4 is 11.7 Å². The first kappa shape index (κ1) is 14.7. The average Bonchev–Trinajstić information content (AvgIpc) is 2.47. The van der Waals surface area contributed by atoms with Gasteiger partial charge in [-0.1, -0.05) is 19.8 Å². The van der Waals surface area contributed by atoms with E-state index < -0.39 is 0 Å². The Morgan fingerprint density at radius 3 is 2.90 bits per heavy atom. The SMILES string of the molecule is CCC1CCCC(OC(=O)c2ccc(N)c(OC)c2)C1. The van der Waals surface area contributed by atoms with Crippen LogP contribution in [0.3, 0.4) is 0 Å². The monoisotopic (exact) mass is 277 g/mol. The number of nitrogens with two attached hydrogens (primary N) is 1. The molecule has 2 N–H and O–H groups in total. The van der Waals surface area contributed by atoms with Gasteiger partial charge in [-0.2, -0.15) is 0 Å². The number of nitrogen functional groups attached to an aromatic ring is 1. The van der Waals surface area contributed by atoms with Crippen molar-refractivity contribution in [2.45, 2.75) is 45.1 Å². The van der Waals surface area contributed by atoms with Crippen molar-refractivity contribution < 1.29 is 14.3 Å². The molecule has 4 nitrogen and oxygen atoms in total. The fourth-order valence-electron chi connectivity index (χ4n) is 2.78. The van der Waals surface area contributed by atoms with Crippen LogP contribution in [0.15, 0.2) is 18.2 Å². The highest BCUT2D eigenvalue weighted by Crippen LogP contribution is 2.29. The third-order valence-corrected chi connectivity index (χ3v) is 4.05. The molecule has 0 bridgehead atoms. The van der Waals surface area contributed by atoms with Crippen molar-refractivity contribution in [3.8, 4) is 5.75 Å². The Hall–Kier alpha value is -1.71. The molecule has 0 heterocycles. The Labute approximate surface area is 120 Å². The summed E-state index contributed by atoms with van der Waals surface area (Å²) in [5.41, 5.74) is 6.76. The van der Waals surface area contributed by atoms with Crippen molar-refractivity contribution in [3.63, 3.8) is 0 Å². The van der Waals surface area contributed by atoms with Crippen LogP contribution in [-0.2, 0) is 4.74 Å². The summed E-state index contributed by atoms with van der Waals surface area (Å²) in [6.07, 6.45) is 5.54. The standard InChI is InChI=1S/C16H23NO3/c1-3-11-5-4-6-13(9-11)20-16(18)12-7-8-14(17)15(10-12)19-2/h7-8,10-11,13H,3-6,9,17H2,1-2H3. The molecule has 0 saturated heterocycles. The van der Waals surface area contributed by atoms with Gasteiger partial charge in [0.2, 0.25) is 0 Å². The summed E-state index contributed by atoms with van der Waals surface area (Å²) < 4.78 is 10.7. The van der Waals surface area contributed by atoms with Gasteiger partial charge in [-0.25, -0.2) is 4.79 Å². The lowest BCUT2D eigenvalue weighted by Gasteiger charge is -2.28. The number of rotatable bonds is 4. The lowest BCUT2D eigenvalue weighted by Crippen LogP contribution is -2.25. The van der Waals surface area contributed by atoms with Crippen LogP contribution in [0.2, 0.25) is 0 Å². The molecule has 2 atom stereocenters. The van der Waals surface area contributed by atoms with E-state index in [4.69, 9.17) is 15.2 Å². The van der Waals surface area contributed by atoms with E-state index in [-0.39, 0.29) is 12.1 Å². The van der Waals surface area contributed by atoms with Crippen LogP contribution < -0.4 is 10.5 Å². The zero-order valence-corrected chi connectivity index (χ0v) is 12.2. The lowest BCUT2D eigenvalue weighted by molar-refractivity contribution is 0.0139. The molecule has 1 aromatic rings. The van der Waals surface area contributed by atoms with E-state index in [1.54, 1.807) is 18.2 Å². The Balaban J connectivity index is 2.01. The van der Waals surface area contributed by atoms with E-state index in [0.717, 1.165) is 25.7 Å². The second-order valence-corrected chi connectivity index (χ2v) is 5.42. The zero-order valence-electron chi connectivity index (χ0n) is 12.2. The zero-order chi connectivity index (χ0) is 14.5. The summed E-state index contributed by atoms with van der Waals surface area (Å²) in [6, 6.07) is 4.99. The van der Waals surface area contributed by atoms with Crippen LogP contribution in [0.5, 0.6) is 5.75 Å². The van der Waals surface area contributed by atoms with E-state index >= 15 is 0 Å². The third kappa shape index (κ3) is 3.44. The average molecular weight is 277 g/mol. The smallest absolute Gasteiger partial charge is 0.338 e. The van der Waals surface area contributed by atoms with Crippen molar-refractivity contribution in [1.82, 2.24) is 0 Å². The number of benzene rings is 1. The molecular weight excluding hydrogens is 254 g/mol. The van der Waals surface area contributed by atoms with Gasteiger partial charge in [0.05, 0.1) is 18.4 Å².